The first-order valence-electron chi connectivity index (χ1n) is 7.53. The van der Waals surface area contributed by atoms with Crippen molar-refractivity contribution in [2.45, 2.75) is 45.7 Å². The zero-order valence-corrected chi connectivity index (χ0v) is 12.7. The highest BCUT2D eigenvalue weighted by Crippen LogP contribution is 2.23. The summed E-state index contributed by atoms with van der Waals surface area (Å²) in [6.45, 7) is 7.82. The van der Waals surface area contributed by atoms with Crippen molar-refractivity contribution >= 4 is 5.91 Å². The van der Waals surface area contributed by atoms with Crippen LogP contribution in [0.25, 0.3) is 0 Å². The van der Waals surface area contributed by atoms with Crippen LogP contribution in [0.1, 0.15) is 45.2 Å². The summed E-state index contributed by atoms with van der Waals surface area (Å²) in [5.41, 5.74) is 1.27. The Bertz CT molecular complexity index is 435. The van der Waals surface area contributed by atoms with Gasteiger partial charge in [0, 0.05) is 44.5 Å². The van der Waals surface area contributed by atoms with Crippen LogP contribution < -0.4 is 5.32 Å². The molecular weight excluding hydrogens is 250 g/mol. The molecule has 0 saturated carbocycles. The maximum Gasteiger partial charge on any atom is 0.219 e. The molecule has 1 aliphatic rings. The van der Waals surface area contributed by atoms with E-state index in [1.807, 2.05) is 17.3 Å². The predicted octanol–water partition coefficient (Wildman–Crippen LogP) is 2.38. The van der Waals surface area contributed by atoms with Crippen LogP contribution in [0.3, 0.4) is 0 Å². The van der Waals surface area contributed by atoms with Gasteiger partial charge in [0.05, 0.1) is 0 Å². The molecular formula is C16H25N3O. The molecule has 20 heavy (non-hydrogen) atoms. The van der Waals surface area contributed by atoms with Crippen LogP contribution in [0.5, 0.6) is 0 Å². The molecule has 1 N–H and O–H groups in total. The second kappa shape index (κ2) is 6.84. The Morgan fingerprint density at radius 3 is 2.80 bits per heavy atom. The number of hydrogen-bond acceptors (Lipinski definition) is 3. The lowest BCUT2D eigenvalue weighted by atomic mass is 9.89. The van der Waals surface area contributed by atoms with E-state index in [0.717, 1.165) is 25.9 Å². The maximum absolute atomic E-state index is 11.5. The Kier molecular flexibility index (Phi) is 5.12. The van der Waals surface area contributed by atoms with Gasteiger partial charge >= 0.3 is 0 Å². The monoisotopic (exact) mass is 275 g/mol. The van der Waals surface area contributed by atoms with Crippen molar-refractivity contribution in [3.05, 3.63) is 30.1 Å². The highest BCUT2D eigenvalue weighted by Gasteiger charge is 2.29. The first kappa shape index (κ1) is 15.0. The van der Waals surface area contributed by atoms with Gasteiger partial charge in [-0.1, -0.05) is 13.3 Å². The first-order chi connectivity index (χ1) is 9.61. The number of amides is 1. The third-order valence-electron chi connectivity index (χ3n) is 4.37. The summed E-state index contributed by atoms with van der Waals surface area (Å²) in [4.78, 5) is 17.5. The van der Waals surface area contributed by atoms with Gasteiger partial charge in [-0.2, -0.15) is 0 Å². The number of piperidine rings is 1. The zero-order valence-electron chi connectivity index (χ0n) is 12.7. The number of pyridine rings is 1. The Labute approximate surface area is 121 Å². The van der Waals surface area contributed by atoms with Gasteiger partial charge in [-0.15, -0.1) is 0 Å². The fourth-order valence-corrected chi connectivity index (χ4v) is 3.02. The number of nitrogens with one attached hydrogen (secondary N) is 1. The lowest BCUT2D eigenvalue weighted by Crippen LogP contribution is -2.50. The standard InChI is InChI=1S/C16H25N3O/c1-4-14-11-19(13(3)20)10-7-16(14)18-12(2)15-5-8-17-9-6-15/h5-6,8-9,12,14,16,18H,4,7,10-11H2,1-3H3/t12-,14-,16-/m1/s1. The average Bonchev–Trinajstić information content (AvgIpc) is 2.48. The third kappa shape index (κ3) is 3.57. The van der Waals surface area contributed by atoms with Crippen LogP contribution in [0.4, 0.5) is 0 Å². The normalized spacial score (nSPS) is 24.4. The summed E-state index contributed by atoms with van der Waals surface area (Å²) in [6.07, 6.45) is 5.81. The highest BCUT2D eigenvalue weighted by molar-refractivity contribution is 5.73. The minimum atomic E-state index is 0.198. The van der Waals surface area contributed by atoms with Gasteiger partial charge in [0.2, 0.25) is 5.91 Å². The van der Waals surface area contributed by atoms with Crippen LogP contribution >= 0.6 is 0 Å². The van der Waals surface area contributed by atoms with Gasteiger partial charge < -0.3 is 10.2 Å². The van der Waals surface area contributed by atoms with Gasteiger partial charge in [-0.25, -0.2) is 0 Å². The zero-order chi connectivity index (χ0) is 14.5. The fraction of sp³-hybridized carbons (Fsp3) is 0.625. The molecule has 3 atom stereocenters. The second-order valence-corrected chi connectivity index (χ2v) is 5.70. The third-order valence-corrected chi connectivity index (χ3v) is 4.37. The van der Waals surface area contributed by atoms with E-state index in [1.165, 1.54) is 5.56 Å². The molecule has 1 amide bonds. The van der Waals surface area contributed by atoms with E-state index in [2.05, 4.69) is 36.3 Å². The van der Waals surface area contributed by atoms with E-state index in [-0.39, 0.29) is 5.91 Å². The molecule has 1 aliphatic heterocycles. The first-order valence-corrected chi connectivity index (χ1v) is 7.53. The molecule has 0 aromatic carbocycles. The number of hydrogen-bond donors (Lipinski definition) is 1. The topological polar surface area (TPSA) is 45.2 Å². The molecule has 1 aromatic rings. The van der Waals surface area contributed by atoms with Crippen molar-refractivity contribution in [3.8, 4) is 0 Å². The maximum atomic E-state index is 11.5. The van der Waals surface area contributed by atoms with Gasteiger partial charge in [-0.3, -0.25) is 9.78 Å². The van der Waals surface area contributed by atoms with Gasteiger partial charge in [0.25, 0.3) is 0 Å². The summed E-state index contributed by atoms with van der Waals surface area (Å²) in [5.74, 6) is 0.737. The van der Waals surface area contributed by atoms with Gasteiger partial charge in [0.1, 0.15) is 0 Å². The van der Waals surface area contributed by atoms with Crippen LogP contribution in [0.15, 0.2) is 24.5 Å². The Balaban J connectivity index is 1.97. The average molecular weight is 275 g/mol. The van der Waals surface area contributed by atoms with Crippen LogP contribution in [0, 0.1) is 5.92 Å². The Hall–Kier alpha value is -1.42. The van der Waals surface area contributed by atoms with Crippen LogP contribution in [0.2, 0.25) is 0 Å². The van der Waals surface area contributed by atoms with Gasteiger partial charge in [0.15, 0.2) is 0 Å². The number of nitrogens with zero attached hydrogens (tertiary/aromatic N) is 2. The molecule has 1 aromatic heterocycles. The molecule has 110 valence electrons. The van der Waals surface area contributed by atoms with Crippen molar-refractivity contribution in [3.63, 3.8) is 0 Å². The summed E-state index contributed by atoms with van der Waals surface area (Å²) in [7, 11) is 0. The molecule has 0 radical (unpaired) electrons. The molecule has 2 heterocycles. The Morgan fingerprint density at radius 2 is 2.20 bits per heavy atom. The number of carbonyl (C=O) groups excluding carboxylic acids is 1. The van der Waals surface area contributed by atoms with Gasteiger partial charge in [-0.05, 0) is 37.0 Å². The van der Waals surface area contributed by atoms with E-state index in [1.54, 1.807) is 6.92 Å². The fourth-order valence-electron chi connectivity index (χ4n) is 3.02. The number of carbonyl (C=O) groups is 1. The summed E-state index contributed by atoms with van der Waals surface area (Å²) < 4.78 is 0. The molecule has 2 rings (SSSR count). The molecule has 0 spiro atoms. The smallest absolute Gasteiger partial charge is 0.219 e. The van der Waals surface area contributed by atoms with E-state index < -0.39 is 0 Å². The van der Waals surface area contributed by atoms with Crippen molar-refractivity contribution in [2.75, 3.05) is 13.1 Å². The largest absolute Gasteiger partial charge is 0.343 e. The molecule has 4 nitrogen and oxygen atoms in total. The van der Waals surface area contributed by atoms with E-state index in [9.17, 15) is 4.79 Å². The molecule has 4 heteroatoms. The highest BCUT2D eigenvalue weighted by atomic mass is 16.2. The minimum Gasteiger partial charge on any atom is -0.343 e. The van der Waals surface area contributed by atoms with Crippen molar-refractivity contribution < 1.29 is 4.79 Å². The van der Waals surface area contributed by atoms with Crippen molar-refractivity contribution in [1.82, 2.24) is 15.2 Å². The quantitative estimate of drug-likeness (QED) is 0.917. The molecule has 1 saturated heterocycles. The lowest BCUT2D eigenvalue weighted by Gasteiger charge is -2.39. The van der Waals surface area contributed by atoms with E-state index >= 15 is 0 Å². The van der Waals surface area contributed by atoms with Crippen LogP contribution in [-0.4, -0.2) is 34.9 Å². The molecule has 1 fully saturated rings. The number of rotatable bonds is 4. The lowest BCUT2D eigenvalue weighted by molar-refractivity contribution is -0.131. The van der Waals surface area contributed by atoms with Crippen molar-refractivity contribution in [1.29, 1.82) is 0 Å². The second-order valence-electron chi connectivity index (χ2n) is 5.70. The molecule has 0 bridgehead atoms. The van der Waals surface area contributed by atoms with E-state index in [0.29, 0.717) is 18.0 Å². The number of aromatic nitrogens is 1. The molecule has 0 aliphatic carbocycles. The summed E-state index contributed by atoms with van der Waals surface area (Å²) in [6, 6.07) is 4.92. The number of likely N-dealkylation sites (tertiary alicyclic amines) is 1. The molecule has 0 unspecified atom stereocenters. The van der Waals surface area contributed by atoms with E-state index in [4.69, 9.17) is 0 Å². The summed E-state index contributed by atoms with van der Waals surface area (Å²) in [5, 5.41) is 3.73. The van der Waals surface area contributed by atoms with Crippen LogP contribution in [-0.2, 0) is 4.79 Å². The SMILES string of the molecule is CC[C@@H]1CN(C(C)=O)CC[C@H]1N[C@H](C)c1ccncc1. The predicted molar refractivity (Wildman–Crippen MR) is 80.2 cm³/mol. The summed E-state index contributed by atoms with van der Waals surface area (Å²) >= 11 is 0. The minimum absolute atomic E-state index is 0.198. The Morgan fingerprint density at radius 1 is 1.50 bits per heavy atom. The van der Waals surface area contributed by atoms with Crippen molar-refractivity contribution in [2.24, 2.45) is 5.92 Å².